The number of carbonyl (C=O) groups is 1. The highest BCUT2D eigenvalue weighted by atomic mass is 16.2. The molecule has 0 aliphatic carbocycles. The van der Waals surface area contributed by atoms with Crippen LogP contribution in [-0.4, -0.2) is 34.0 Å². The minimum Gasteiger partial charge on any atom is -0.351 e. The highest BCUT2D eigenvalue weighted by molar-refractivity contribution is 5.91. The second-order valence-corrected chi connectivity index (χ2v) is 3.75. The van der Waals surface area contributed by atoms with Crippen LogP contribution in [0.15, 0.2) is 36.5 Å². The van der Waals surface area contributed by atoms with E-state index in [4.69, 9.17) is 5.73 Å². The zero-order valence-electron chi connectivity index (χ0n) is 9.91. The Hall–Kier alpha value is -2.21. The summed E-state index contributed by atoms with van der Waals surface area (Å²) in [5.74, 6) is -0.231. The summed E-state index contributed by atoms with van der Waals surface area (Å²) in [7, 11) is 0. The van der Waals surface area contributed by atoms with Crippen LogP contribution in [-0.2, 0) is 0 Å². The normalized spacial score (nSPS) is 10.3. The van der Waals surface area contributed by atoms with E-state index in [9.17, 15) is 4.79 Å². The average Bonchev–Trinajstić information content (AvgIpc) is 2.89. The second kappa shape index (κ2) is 5.92. The van der Waals surface area contributed by atoms with Gasteiger partial charge in [0.05, 0.1) is 11.9 Å². The molecule has 0 bridgehead atoms. The van der Waals surface area contributed by atoms with Gasteiger partial charge >= 0.3 is 0 Å². The molecule has 1 aromatic heterocycles. The third-order valence-electron chi connectivity index (χ3n) is 2.38. The Kier molecular flexibility index (Phi) is 4.03. The van der Waals surface area contributed by atoms with E-state index in [0.29, 0.717) is 18.8 Å². The predicted octanol–water partition coefficient (Wildman–Crippen LogP) is 0.346. The van der Waals surface area contributed by atoms with E-state index in [1.807, 2.05) is 30.3 Å². The van der Waals surface area contributed by atoms with E-state index in [2.05, 4.69) is 15.5 Å². The lowest BCUT2D eigenvalue weighted by molar-refractivity contribution is 0.0948. The van der Waals surface area contributed by atoms with Crippen LogP contribution in [0, 0.1) is 0 Å². The van der Waals surface area contributed by atoms with Crippen LogP contribution in [0.3, 0.4) is 0 Å². The van der Waals surface area contributed by atoms with E-state index < -0.39 is 0 Å². The maximum Gasteiger partial charge on any atom is 0.273 e. The molecule has 1 aromatic carbocycles. The Labute approximate surface area is 105 Å². The molecule has 0 aliphatic heterocycles. The first-order chi connectivity index (χ1) is 8.81. The quantitative estimate of drug-likeness (QED) is 0.744. The van der Waals surface area contributed by atoms with Gasteiger partial charge in [-0.15, -0.1) is 5.10 Å². The van der Waals surface area contributed by atoms with Gasteiger partial charge in [-0.05, 0) is 25.1 Å². The number of nitrogens with zero attached hydrogens (tertiary/aromatic N) is 3. The highest BCUT2D eigenvalue weighted by Gasteiger charge is 2.10. The van der Waals surface area contributed by atoms with Crippen molar-refractivity contribution < 1.29 is 4.79 Å². The Morgan fingerprint density at radius 1 is 1.33 bits per heavy atom. The van der Waals surface area contributed by atoms with E-state index in [0.717, 1.165) is 12.1 Å². The number of para-hydroxylation sites is 1. The molecular formula is C12H15N5O. The standard InChI is InChI=1S/C12H15N5O/c13-7-4-8-14-12(18)11-9-15-17(16-11)10-5-2-1-3-6-10/h1-3,5-6,9H,4,7-8,13H2,(H,14,18). The van der Waals surface area contributed by atoms with E-state index in [1.165, 1.54) is 11.0 Å². The monoisotopic (exact) mass is 245 g/mol. The summed E-state index contributed by atoms with van der Waals surface area (Å²) >= 11 is 0. The van der Waals surface area contributed by atoms with Crippen molar-refractivity contribution in [3.63, 3.8) is 0 Å². The van der Waals surface area contributed by atoms with Crippen molar-refractivity contribution in [3.05, 3.63) is 42.2 Å². The molecular weight excluding hydrogens is 230 g/mol. The van der Waals surface area contributed by atoms with Gasteiger partial charge in [0.2, 0.25) is 0 Å². The molecule has 6 nitrogen and oxygen atoms in total. The number of nitrogens with one attached hydrogen (secondary N) is 1. The first-order valence-corrected chi connectivity index (χ1v) is 5.77. The van der Waals surface area contributed by atoms with Gasteiger partial charge in [-0.1, -0.05) is 18.2 Å². The molecule has 2 aromatic rings. The number of nitrogens with two attached hydrogens (primary N) is 1. The highest BCUT2D eigenvalue weighted by Crippen LogP contribution is 2.03. The smallest absolute Gasteiger partial charge is 0.273 e. The summed E-state index contributed by atoms with van der Waals surface area (Å²) in [5, 5.41) is 10.9. The molecule has 94 valence electrons. The number of benzene rings is 1. The summed E-state index contributed by atoms with van der Waals surface area (Å²) in [6, 6.07) is 9.43. The third-order valence-corrected chi connectivity index (χ3v) is 2.38. The van der Waals surface area contributed by atoms with Gasteiger partial charge in [0.1, 0.15) is 0 Å². The van der Waals surface area contributed by atoms with Crippen molar-refractivity contribution in [2.45, 2.75) is 6.42 Å². The van der Waals surface area contributed by atoms with Crippen LogP contribution in [0.1, 0.15) is 16.9 Å². The summed E-state index contributed by atoms with van der Waals surface area (Å²) in [4.78, 5) is 13.1. The number of carbonyl (C=O) groups excluding carboxylic acids is 1. The summed E-state index contributed by atoms with van der Waals surface area (Å²) in [6.07, 6.45) is 2.20. The molecule has 0 unspecified atom stereocenters. The Morgan fingerprint density at radius 2 is 2.11 bits per heavy atom. The Balaban J connectivity index is 2.04. The fourth-order valence-electron chi connectivity index (χ4n) is 1.45. The molecule has 0 atom stereocenters. The summed E-state index contributed by atoms with van der Waals surface area (Å²) < 4.78 is 0. The topological polar surface area (TPSA) is 85.8 Å². The number of aromatic nitrogens is 3. The maximum absolute atomic E-state index is 11.7. The maximum atomic E-state index is 11.7. The van der Waals surface area contributed by atoms with Gasteiger partial charge in [-0.3, -0.25) is 4.79 Å². The molecule has 0 fully saturated rings. The van der Waals surface area contributed by atoms with Gasteiger partial charge in [-0.2, -0.15) is 9.90 Å². The first-order valence-electron chi connectivity index (χ1n) is 5.77. The number of hydrogen-bond acceptors (Lipinski definition) is 4. The van der Waals surface area contributed by atoms with Crippen LogP contribution in [0.4, 0.5) is 0 Å². The summed E-state index contributed by atoms with van der Waals surface area (Å²) in [5.41, 5.74) is 6.47. The molecule has 18 heavy (non-hydrogen) atoms. The Morgan fingerprint density at radius 3 is 2.83 bits per heavy atom. The van der Waals surface area contributed by atoms with E-state index in [-0.39, 0.29) is 5.91 Å². The molecule has 2 rings (SSSR count). The molecule has 3 N–H and O–H groups in total. The fraction of sp³-hybridized carbons (Fsp3) is 0.250. The number of amides is 1. The van der Waals surface area contributed by atoms with E-state index in [1.54, 1.807) is 0 Å². The minimum absolute atomic E-state index is 0.231. The van der Waals surface area contributed by atoms with Crippen molar-refractivity contribution in [1.29, 1.82) is 0 Å². The molecule has 0 saturated carbocycles. The molecule has 0 spiro atoms. The van der Waals surface area contributed by atoms with Crippen LogP contribution >= 0.6 is 0 Å². The summed E-state index contributed by atoms with van der Waals surface area (Å²) in [6.45, 7) is 1.10. The molecule has 0 radical (unpaired) electrons. The molecule has 6 heteroatoms. The van der Waals surface area contributed by atoms with Gasteiger partial charge in [0.25, 0.3) is 5.91 Å². The van der Waals surface area contributed by atoms with Crippen molar-refractivity contribution in [2.75, 3.05) is 13.1 Å². The number of rotatable bonds is 5. The lowest BCUT2D eigenvalue weighted by atomic mass is 10.3. The van der Waals surface area contributed by atoms with Crippen molar-refractivity contribution >= 4 is 5.91 Å². The average molecular weight is 245 g/mol. The predicted molar refractivity (Wildman–Crippen MR) is 67.4 cm³/mol. The largest absolute Gasteiger partial charge is 0.351 e. The van der Waals surface area contributed by atoms with Crippen LogP contribution in [0.5, 0.6) is 0 Å². The van der Waals surface area contributed by atoms with Gasteiger partial charge in [0.15, 0.2) is 5.69 Å². The zero-order chi connectivity index (χ0) is 12.8. The Bertz CT molecular complexity index is 508. The van der Waals surface area contributed by atoms with Gasteiger partial charge < -0.3 is 11.1 Å². The molecule has 0 saturated heterocycles. The third kappa shape index (κ3) is 2.92. The molecule has 1 heterocycles. The van der Waals surface area contributed by atoms with Gasteiger partial charge in [-0.25, -0.2) is 0 Å². The fourth-order valence-corrected chi connectivity index (χ4v) is 1.45. The van der Waals surface area contributed by atoms with Crippen LogP contribution in [0.25, 0.3) is 5.69 Å². The number of hydrogen-bond donors (Lipinski definition) is 2. The van der Waals surface area contributed by atoms with Gasteiger partial charge in [0, 0.05) is 6.54 Å². The van der Waals surface area contributed by atoms with Crippen molar-refractivity contribution in [1.82, 2.24) is 20.3 Å². The first kappa shape index (κ1) is 12.3. The second-order valence-electron chi connectivity index (χ2n) is 3.75. The minimum atomic E-state index is -0.231. The molecule has 0 aliphatic rings. The lowest BCUT2D eigenvalue weighted by Gasteiger charge is -2.00. The zero-order valence-corrected chi connectivity index (χ0v) is 9.91. The van der Waals surface area contributed by atoms with Crippen LogP contribution in [0.2, 0.25) is 0 Å². The van der Waals surface area contributed by atoms with Crippen molar-refractivity contribution in [3.8, 4) is 5.69 Å². The van der Waals surface area contributed by atoms with Crippen LogP contribution < -0.4 is 11.1 Å². The molecule has 1 amide bonds. The SMILES string of the molecule is NCCCNC(=O)c1cnn(-c2ccccc2)n1. The van der Waals surface area contributed by atoms with E-state index >= 15 is 0 Å². The lowest BCUT2D eigenvalue weighted by Crippen LogP contribution is -2.26. The van der Waals surface area contributed by atoms with Crippen molar-refractivity contribution in [2.24, 2.45) is 5.73 Å².